The summed E-state index contributed by atoms with van der Waals surface area (Å²) in [6, 6.07) is 35.5. The van der Waals surface area contributed by atoms with E-state index in [1.165, 1.54) is 16.7 Å². The second-order valence-corrected chi connectivity index (χ2v) is 7.00. The fourth-order valence-electron chi connectivity index (χ4n) is 2.60. The molecule has 2 N–H and O–H groups in total. The average molecular weight is 439 g/mol. The topological polar surface area (TPSA) is 74.6 Å². The molecule has 0 aromatic heterocycles. The number of rotatable bonds is 4. The molecule has 0 aliphatic carbocycles. The molecule has 0 spiro atoms. The molecule has 4 aromatic carbocycles. The van der Waals surface area contributed by atoms with Crippen LogP contribution in [0.5, 0.6) is 0 Å². The first kappa shape index (κ1) is 24.8. The summed E-state index contributed by atoms with van der Waals surface area (Å²) in [6.45, 7) is 2.10. The molecule has 0 bridgehead atoms. The van der Waals surface area contributed by atoms with Gasteiger partial charge >= 0.3 is 11.9 Å². The maximum atomic E-state index is 10.2. The van der Waals surface area contributed by atoms with E-state index in [1.54, 1.807) is 60.7 Å². The van der Waals surface area contributed by atoms with Crippen molar-refractivity contribution in [3.8, 4) is 0 Å². The minimum Gasteiger partial charge on any atom is -0.478 e. The predicted molar refractivity (Wildman–Crippen MR) is 133 cm³/mol. The summed E-state index contributed by atoms with van der Waals surface area (Å²) in [5, 5.41) is 16.8. The van der Waals surface area contributed by atoms with Gasteiger partial charge in [-0.1, -0.05) is 109 Å². The Balaban J connectivity index is 0.000000186. The zero-order valence-corrected chi connectivity index (χ0v) is 18.3. The van der Waals surface area contributed by atoms with Crippen LogP contribution < -0.4 is 0 Å². The third-order valence-electron chi connectivity index (χ3n) is 4.39. The SMILES string of the molecule is Cc1ccc(C=Cc2ccccc2)cc1.O=C(O)c1ccccc1.O=C(O)c1ccccc1. The normalized spacial score (nSPS) is 9.73. The lowest BCUT2D eigenvalue weighted by molar-refractivity contribution is 0.0686. The number of aromatic carboxylic acids is 2. The van der Waals surface area contributed by atoms with E-state index in [2.05, 4.69) is 67.6 Å². The molecule has 0 amide bonds. The first-order valence-electron chi connectivity index (χ1n) is 10.3. The highest BCUT2D eigenvalue weighted by molar-refractivity contribution is 5.87. The van der Waals surface area contributed by atoms with Crippen LogP contribution in [0.25, 0.3) is 12.2 Å². The molecule has 4 nitrogen and oxygen atoms in total. The van der Waals surface area contributed by atoms with Crippen LogP contribution >= 0.6 is 0 Å². The van der Waals surface area contributed by atoms with E-state index >= 15 is 0 Å². The molecule has 4 heteroatoms. The van der Waals surface area contributed by atoms with Gasteiger partial charge < -0.3 is 10.2 Å². The van der Waals surface area contributed by atoms with Gasteiger partial charge in [-0.05, 0) is 42.3 Å². The maximum Gasteiger partial charge on any atom is 0.335 e. The monoisotopic (exact) mass is 438 g/mol. The van der Waals surface area contributed by atoms with E-state index in [1.807, 2.05) is 6.07 Å². The van der Waals surface area contributed by atoms with Gasteiger partial charge in [0.15, 0.2) is 0 Å². The third-order valence-corrected chi connectivity index (χ3v) is 4.39. The Morgan fingerprint density at radius 1 is 0.515 bits per heavy atom. The Kier molecular flexibility index (Phi) is 10.4. The summed E-state index contributed by atoms with van der Waals surface area (Å²) < 4.78 is 0. The summed E-state index contributed by atoms with van der Waals surface area (Å²) in [4.78, 5) is 20.4. The van der Waals surface area contributed by atoms with Crippen molar-refractivity contribution in [2.45, 2.75) is 6.92 Å². The van der Waals surface area contributed by atoms with Crippen LogP contribution in [-0.4, -0.2) is 22.2 Å². The standard InChI is InChI=1S/C15H14.2C7H6O2/c1-13-7-9-15(10-8-13)12-11-14-5-3-2-4-6-14;2*8-7(9)6-4-2-1-3-5-6/h2-12H,1H3;2*1-5H,(H,8,9). The van der Waals surface area contributed by atoms with Gasteiger partial charge in [-0.25, -0.2) is 9.59 Å². The van der Waals surface area contributed by atoms with Gasteiger partial charge in [-0.2, -0.15) is 0 Å². The Morgan fingerprint density at radius 2 is 0.848 bits per heavy atom. The smallest absolute Gasteiger partial charge is 0.335 e. The molecule has 33 heavy (non-hydrogen) atoms. The Labute approximate surface area is 194 Å². The van der Waals surface area contributed by atoms with E-state index in [-0.39, 0.29) is 0 Å². The summed E-state index contributed by atoms with van der Waals surface area (Å²) in [5.41, 5.74) is 4.43. The quantitative estimate of drug-likeness (QED) is 0.339. The first-order chi connectivity index (χ1) is 16.0. The van der Waals surface area contributed by atoms with Gasteiger partial charge in [0.1, 0.15) is 0 Å². The summed E-state index contributed by atoms with van der Waals surface area (Å²) in [6.07, 6.45) is 4.26. The van der Waals surface area contributed by atoms with E-state index in [0.29, 0.717) is 11.1 Å². The molecule has 0 radical (unpaired) electrons. The molecule has 0 heterocycles. The lowest BCUT2D eigenvalue weighted by Gasteiger charge is -1.95. The molecule has 166 valence electrons. The van der Waals surface area contributed by atoms with Crippen molar-refractivity contribution >= 4 is 24.1 Å². The number of benzene rings is 4. The summed E-state index contributed by atoms with van der Waals surface area (Å²) in [5.74, 6) is -1.76. The molecule has 0 atom stereocenters. The molecule has 0 aliphatic heterocycles. The molecule has 4 rings (SSSR count). The number of carboxylic acid groups (broad SMARTS) is 2. The summed E-state index contributed by atoms with van der Waals surface area (Å²) in [7, 11) is 0. The zero-order chi connectivity index (χ0) is 23.9. The van der Waals surface area contributed by atoms with Crippen LogP contribution in [0.3, 0.4) is 0 Å². The molecule has 0 saturated carbocycles. The van der Waals surface area contributed by atoms with Crippen LogP contribution in [0.2, 0.25) is 0 Å². The van der Waals surface area contributed by atoms with Gasteiger partial charge in [0.25, 0.3) is 0 Å². The van der Waals surface area contributed by atoms with Gasteiger partial charge in [0.05, 0.1) is 11.1 Å². The summed E-state index contributed by atoms with van der Waals surface area (Å²) >= 11 is 0. The van der Waals surface area contributed by atoms with Crippen molar-refractivity contribution in [2.75, 3.05) is 0 Å². The van der Waals surface area contributed by atoms with Crippen molar-refractivity contribution in [3.63, 3.8) is 0 Å². The molecule has 4 aromatic rings. The van der Waals surface area contributed by atoms with Crippen LogP contribution in [-0.2, 0) is 0 Å². The Bertz CT molecular complexity index is 1090. The van der Waals surface area contributed by atoms with Crippen molar-refractivity contribution < 1.29 is 19.8 Å². The second kappa shape index (κ2) is 13.8. The van der Waals surface area contributed by atoms with E-state index in [4.69, 9.17) is 10.2 Å². The average Bonchev–Trinajstić information content (AvgIpc) is 2.86. The van der Waals surface area contributed by atoms with Crippen LogP contribution in [0.1, 0.15) is 37.4 Å². The Morgan fingerprint density at radius 3 is 1.18 bits per heavy atom. The maximum absolute atomic E-state index is 10.2. The van der Waals surface area contributed by atoms with Crippen LogP contribution in [0.4, 0.5) is 0 Å². The number of carbonyl (C=O) groups is 2. The van der Waals surface area contributed by atoms with Gasteiger partial charge in [-0.3, -0.25) is 0 Å². The Hall–Kier alpha value is -4.44. The molecule has 0 fully saturated rings. The number of hydrogen-bond acceptors (Lipinski definition) is 2. The third kappa shape index (κ3) is 9.94. The van der Waals surface area contributed by atoms with Crippen molar-refractivity contribution in [1.82, 2.24) is 0 Å². The fraction of sp³-hybridized carbons (Fsp3) is 0.0345. The molecule has 0 saturated heterocycles. The van der Waals surface area contributed by atoms with Gasteiger partial charge in [-0.15, -0.1) is 0 Å². The van der Waals surface area contributed by atoms with Crippen LogP contribution in [0.15, 0.2) is 115 Å². The van der Waals surface area contributed by atoms with E-state index in [9.17, 15) is 9.59 Å². The van der Waals surface area contributed by atoms with Gasteiger partial charge in [0, 0.05) is 0 Å². The van der Waals surface area contributed by atoms with E-state index < -0.39 is 11.9 Å². The lowest BCUT2D eigenvalue weighted by atomic mass is 10.1. The highest BCUT2D eigenvalue weighted by Gasteiger charge is 1.97. The molecule has 0 aliphatic rings. The van der Waals surface area contributed by atoms with Crippen molar-refractivity contribution in [3.05, 3.63) is 143 Å². The molecular weight excluding hydrogens is 412 g/mol. The fourth-order valence-corrected chi connectivity index (χ4v) is 2.60. The first-order valence-corrected chi connectivity index (χ1v) is 10.3. The van der Waals surface area contributed by atoms with Gasteiger partial charge in [0.2, 0.25) is 0 Å². The van der Waals surface area contributed by atoms with Crippen molar-refractivity contribution in [2.24, 2.45) is 0 Å². The number of aryl methyl sites for hydroxylation is 1. The van der Waals surface area contributed by atoms with E-state index in [0.717, 1.165) is 0 Å². The number of hydrogen-bond donors (Lipinski definition) is 2. The molecule has 0 unspecified atom stereocenters. The zero-order valence-electron chi connectivity index (χ0n) is 18.3. The van der Waals surface area contributed by atoms with Crippen molar-refractivity contribution in [1.29, 1.82) is 0 Å². The molecular formula is C29H26O4. The number of carboxylic acids is 2. The minimum absolute atomic E-state index is 0.331. The highest BCUT2D eigenvalue weighted by Crippen LogP contribution is 2.09. The predicted octanol–water partition coefficient (Wildman–Crippen LogP) is 6.94. The second-order valence-electron chi connectivity index (χ2n) is 7.00. The minimum atomic E-state index is -0.879. The largest absolute Gasteiger partial charge is 0.478 e. The van der Waals surface area contributed by atoms with Crippen LogP contribution in [0, 0.1) is 6.92 Å². The lowest BCUT2D eigenvalue weighted by Crippen LogP contribution is -1.93. The highest BCUT2D eigenvalue weighted by atomic mass is 16.4.